The van der Waals surface area contributed by atoms with Crippen LogP contribution in [0.5, 0.6) is 0 Å². The van der Waals surface area contributed by atoms with Crippen molar-refractivity contribution in [2.75, 3.05) is 6.54 Å². The molecule has 2 saturated carbocycles. The van der Waals surface area contributed by atoms with E-state index in [-0.39, 0.29) is 35.4 Å². The Morgan fingerprint density at radius 1 is 0.957 bits per heavy atom. The Balaban J connectivity index is 0.000000459. The Bertz CT molecular complexity index is 1330. The Morgan fingerprint density at radius 3 is 2.22 bits per heavy atom. The second-order valence-electron chi connectivity index (χ2n) is 14.1. The van der Waals surface area contributed by atoms with Crippen LogP contribution in [0.15, 0.2) is 48.9 Å². The molecule has 1 aromatic heterocycles. The van der Waals surface area contributed by atoms with E-state index < -0.39 is 41.3 Å². The number of rotatable bonds is 8. The fourth-order valence-corrected chi connectivity index (χ4v) is 7.15. The van der Waals surface area contributed by atoms with E-state index in [1.54, 1.807) is 0 Å². The van der Waals surface area contributed by atoms with Crippen molar-refractivity contribution in [2.24, 2.45) is 28.9 Å². The summed E-state index contributed by atoms with van der Waals surface area (Å²) >= 11 is 0. The summed E-state index contributed by atoms with van der Waals surface area (Å²) in [6.45, 7) is 7.95. The zero-order valence-electron chi connectivity index (χ0n) is 27.5. The molecule has 250 valence electrons. The summed E-state index contributed by atoms with van der Waals surface area (Å²) in [4.78, 5) is 62.2. The number of carbonyl (C=O) groups is 4. The third-order valence-electron chi connectivity index (χ3n) is 9.64. The zero-order valence-corrected chi connectivity index (χ0v) is 27.5. The van der Waals surface area contributed by atoms with Gasteiger partial charge in [-0.25, -0.2) is 9.78 Å². The molecule has 46 heavy (non-hydrogen) atoms. The molecule has 1 saturated heterocycles. The maximum atomic E-state index is 13.9. The number of benzene rings is 1. The molecule has 1 aliphatic heterocycles. The maximum Gasteiger partial charge on any atom is 0.326 e. The van der Waals surface area contributed by atoms with Gasteiger partial charge in [-0.1, -0.05) is 76.8 Å². The quantitative estimate of drug-likeness (QED) is 0.337. The van der Waals surface area contributed by atoms with Crippen LogP contribution in [-0.2, 0) is 14.4 Å². The number of carboxylic acid groups (broad SMARTS) is 1. The van der Waals surface area contributed by atoms with Crippen LogP contribution in [0.2, 0.25) is 0 Å². The fourth-order valence-electron chi connectivity index (χ4n) is 7.15. The summed E-state index contributed by atoms with van der Waals surface area (Å²) in [6.07, 6.45) is 11.5. The lowest BCUT2D eigenvalue weighted by Gasteiger charge is -2.37. The summed E-state index contributed by atoms with van der Waals surface area (Å²) in [7, 11) is 0. The van der Waals surface area contributed by atoms with Crippen molar-refractivity contribution in [3.8, 4) is 0 Å². The number of amides is 3. The number of nitrogens with two attached hydrogens (primary N) is 1. The molecular formula is C35H50N6O5. The minimum atomic E-state index is -0.988. The lowest BCUT2D eigenvalue weighted by atomic mass is 9.82. The number of nitrogens with zero attached hydrogens (tertiary/aromatic N) is 3. The van der Waals surface area contributed by atoms with E-state index in [0.29, 0.717) is 6.54 Å². The highest BCUT2D eigenvalue weighted by atomic mass is 16.4. The Hall–Kier alpha value is -3.86. The van der Waals surface area contributed by atoms with Crippen molar-refractivity contribution < 1.29 is 24.3 Å². The Morgan fingerprint density at radius 2 is 1.65 bits per heavy atom. The van der Waals surface area contributed by atoms with Crippen LogP contribution in [0.1, 0.15) is 101 Å². The summed E-state index contributed by atoms with van der Waals surface area (Å²) in [5, 5.41) is 15.8. The maximum absolute atomic E-state index is 13.9. The normalized spacial score (nSPS) is 23.2. The first-order valence-electron chi connectivity index (χ1n) is 16.6. The number of carboxylic acids is 1. The highest BCUT2D eigenvalue weighted by Gasteiger charge is 2.52. The van der Waals surface area contributed by atoms with Crippen LogP contribution in [0, 0.1) is 23.2 Å². The monoisotopic (exact) mass is 634 g/mol. The number of carbonyl (C=O) groups excluding carboxylic acids is 3. The van der Waals surface area contributed by atoms with E-state index in [0.717, 1.165) is 51.4 Å². The number of fused-ring (bicyclic) bond motifs is 1. The van der Waals surface area contributed by atoms with Gasteiger partial charge < -0.3 is 26.4 Å². The third-order valence-corrected chi connectivity index (χ3v) is 9.64. The average molecular weight is 635 g/mol. The van der Waals surface area contributed by atoms with E-state index in [1.165, 1.54) is 29.1 Å². The van der Waals surface area contributed by atoms with E-state index in [4.69, 9.17) is 5.73 Å². The Kier molecular flexibility index (Phi) is 11.9. The molecule has 1 aromatic carbocycles. The summed E-state index contributed by atoms with van der Waals surface area (Å²) < 4.78 is 0. The van der Waals surface area contributed by atoms with Gasteiger partial charge in [-0.15, -0.1) is 0 Å². The SMILES string of the molecule is CC(C)(C)C(NC(=O)[C@@H](NC(=O)c1cnccn1)C1CCCCC1)C(=O)N1C[C@@H]2CCC[C@@H]2C1C(=O)O.CC(N)c1ccccc1. The summed E-state index contributed by atoms with van der Waals surface area (Å²) in [6, 6.07) is 7.58. The van der Waals surface area contributed by atoms with Crippen molar-refractivity contribution in [3.63, 3.8) is 0 Å². The van der Waals surface area contributed by atoms with Gasteiger partial charge in [-0.05, 0) is 61.3 Å². The Labute approximate surface area is 272 Å². The van der Waals surface area contributed by atoms with Crippen LogP contribution >= 0.6 is 0 Å². The molecule has 2 aromatic rings. The molecule has 0 spiro atoms. The van der Waals surface area contributed by atoms with Gasteiger partial charge in [0.2, 0.25) is 11.8 Å². The minimum absolute atomic E-state index is 0.0426. The van der Waals surface area contributed by atoms with E-state index in [2.05, 4.69) is 20.6 Å². The first kappa shape index (κ1) is 35.0. The van der Waals surface area contributed by atoms with Crippen molar-refractivity contribution in [2.45, 2.75) is 103 Å². The highest BCUT2D eigenvalue weighted by molar-refractivity contribution is 5.97. The third kappa shape index (κ3) is 8.69. The lowest BCUT2D eigenvalue weighted by Crippen LogP contribution is -2.61. The van der Waals surface area contributed by atoms with E-state index in [1.807, 2.05) is 58.0 Å². The number of aliphatic carboxylic acids is 1. The molecule has 3 amide bonds. The zero-order chi connectivity index (χ0) is 33.4. The fraction of sp³-hybridized carbons (Fsp3) is 0.600. The number of aromatic nitrogens is 2. The highest BCUT2D eigenvalue weighted by Crippen LogP contribution is 2.43. The van der Waals surface area contributed by atoms with Gasteiger partial charge in [0, 0.05) is 25.0 Å². The van der Waals surface area contributed by atoms with Crippen molar-refractivity contribution in [3.05, 3.63) is 60.2 Å². The van der Waals surface area contributed by atoms with Crippen LogP contribution in [-0.4, -0.2) is 68.3 Å². The molecule has 0 bridgehead atoms. The van der Waals surface area contributed by atoms with Gasteiger partial charge in [-0.3, -0.25) is 19.4 Å². The molecule has 6 atom stereocenters. The minimum Gasteiger partial charge on any atom is -0.480 e. The predicted molar refractivity (Wildman–Crippen MR) is 174 cm³/mol. The first-order chi connectivity index (χ1) is 21.9. The average Bonchev–Trinajstić information content (AvgIpc) is 3.65. The van der Waals surface area contributed by atoms with Crippen LogP contribution in [0.3, 0.4) is 0 Å². The van der Waals surface area contributed by atoms with Gasteiger partial charge >= 0.3 is 5.97 Å². The lowest BCUT2D eigenvalue weighted by molar-refractivity contribution is -0.152. The van der Waals surface area contributed by atoms with E-state index >= 15 is 0 Å². The van der Waals surface area contributed by atoms with Crippen LogP contribution in [0.4, 0.5) is 0 Å². The number of likely N-dealkylation sites (tertiary alicyclic amines) is 1. The topological polar surface area (TPSA) is 168 Å². The molecule has 2 aliphatic carbocycles. The molecule has 5 rings (SSSR count). The van der Waals surface area contributed by atoms with Crippen molar-refractivity contribution in [1.29, 1.82) is 0 Å². The molecule has 2 heterocycles. The van der Waals surface area contributed by atoms with Gasteiger partial charge in [0.15, 0.2) is 0 Å². The van der Waals surface area contributed by atoms with Gasteiger partial charge in [-0.2, -0.15) is 0 Å². The van der Waals surface area contributed by atoms with Gasteiger partial charge in [0.1, 0.15) is 23.8 Å². The number of nitrogens with one attached hydrogen (secondary N) is 2. The second kappa shape index (κ2) is 15.6. The van der Waals surface area contributed by atoms with E-state index in [9.17, 15) is 24.3 Å². The number of hydrogen-bond acceptors (Lipinski definition) is 7. The first-order valence-corrected chi connectivity index (χ1v) is 16.6. The summed E-state index contributed by atoms with van der Waals surface area (Å²) in [5.41, 5.74) is 6.26. The van der Waals surface area contributed by atoms with Gasteiger partial charge in [0.05, 0.1) is 6.20 Å². The van der Waals surface area contributed by atoms with Crippen LogP contribution in [0.25, 0.3) is 0 Å². The second-order valence-corrected chi connectivity index (χ2v) is 14.1. The predicted octanol–water partition coefficient (Wildman–Crippen LogP) is 4.10. The molecule has 0 radical (unpaired) electrons. The molecule has 3 unspecified atom stereocenters. The number of hydrogen-bond donors (Lipinski definition) is 4. The van der Waals surface area contributed by atoms with Crippen molar-refractivity contribution in [1.82, 2.24) is 25.5 Å². The molecule has 11 nitrogen and oxygen atoms in total. The molecule has 5 N–H and O–H groups in total. The molecule has 3 fully saturated rings. The summed E-state index contributed by atoms with van der Waals surface area (Å²) in [5.74, 6) is -2.20. The molecule has 3 aliphatic rings. The molecule has 11 heteroatoms. The smallest absolute Gasteiger partial charge is 0.326 e. The largest absolute Gasteiger partial charge is 0.480 e. The standard InChI is InChI=1S/C27H39N5O5.C8H11N/c1-27(2,3)22(25(35)32-15-17-10-7-11-18(17)21(32)26(36)37)31-24(34)20(16-8-5-4-6-9-16)30-23(33)19-14-28-12-13-29-19;1-7(9)8-5-3-2-4-6-8/h12-14,16-18,20-22H,4-11,15H2,1-3H3,(H,30,33)(H,31,34)(H,36,37);2-7H,9H2,1H3/t17-,18-,20-,21?,22?;/m0./s1. The molecular weight excluding hydrogens is 584 g/mol. The van der Waals surface area contributed by atoms with Crippen LogP contribution < -0.4 is 16.4 Å². The van der Waals surface area contributed by atoms with Crippen molar-refractivity contribution >= 4 is 23.7 Å². The van der Waals surface area contributed by atoms with Gasteiger partial charge in [0.25, 0.3) is 5.91 Å².